The molecule has 0 radical (unpaired) electrons. The number of aromatic hydroxyl groups is 1. The Labute approximate surface area is 231 Å². The first kappa shape index (κ1) is 27.8. The second-order valence-electron chi connectivity index (χ2n) is 12.4. The maximum Gasteiger partial charge on any atom is 0.255 e. The maximum atomic E-state index is 13.9. The van der Waals surface area contributed by atoms with Crippen LogP contribution in [-0.4, -0.2) is 74.1 Å². The van der Waals surface area contributed by atoms with E-state index in [0.29, 0.717) is 17.5 Å². The van der Waals surface area contributed by atoms with E-state index in [4.69, 9.17) is 5.73 Å². The molecule has 2 aromatic carbocycles. The van der Waals surface area contributed by atoms with Crippen LogP contribution in [0.25, 0.3) is 10.8 Å². The molecule has 40 heavy (non-hydrogen) atoms. The third kappa shape index (κ3) is 4.01. The number of benzene rings is 2. The minimum Gasteiger partial charge on any atom is -0.510 e. The summed E-state index contributed by atoms with van der Waals surface area (Å²) in [7, 11) is 3.20. The first-order chi connectivity index (χ1) is 18.6. The minimum absolute atomic E-state index is 0.00853. The molecular formula is C30H35N3O7. The number of amides is 1. The Morgan fingerprint density at radius 2 is 1.82 bits per heavy atom. The molecule has 3 aliphatic rings. The number of likely N-dealkylation sites (N-methyl/N-ethyl adjacent to an activating group) is 1. The zero-order valence-corrected chi connectivity index (χ0v) is 23.2. The molecule has 7 N–H and O–H groups in total. The van der Waals surface area contributed by atoms with Crippen LogP contribution in [0.2, 0.25) is 0 Å². The number of phenols is 1. The molecule has 0 bridgehead atoms. The Bertz CT molecular complexity index is 1550. The van der Waals surface area contributed by atoms with Crippen molar-refractivity contribution in [3.63, 3.8) is 0 Å². The van der Waals surface area contributed by atoms with Gasteiger partial charge in [-0.25, -0.2) is 0 Å². The van der Waals surface area contributed by atoms with Gasteiger partial charge in [-0.3, -0.25) is 19.3 Å². The van der Waals surface area contributed by atoms with E-state index in [9.17, 15) is 34.8 Å². The van der Waals surface area contributed by atoms with Gasteiger partial charge in [0.1, 0.15) is 22.8 Å². The van der Waals surface area contributed by atoms with Crippen LogP contribution in [0.4, 0.5) is 0 Å². The molecule has 10 heteroatoms. The number of nitrogens with zero attached hydrogens (tertiary/aromatic N) is 1. The summed E-state index contributed by atoms with van der Waals surface area (Å²) < 4.78 is 0. The lowest BCUT2D eigenvalue weighted by Gasteiger charge is -2.50. The summed E-state index contributed by atoms with van der Waals surface area (Å²) in [5.74, 6) is -6.53. The highest BCUT2D eigenvalue weighted by molar-refractivity contribution is 6.25. The van der Waals surface area contributed by atoms with Crippen molar-refractivity contribution in [1.29, 1.82) is 0 Å². The number of ketones is 2. The van der Waals surface area contributed by atoms with Gasteiger partial charge in [0.25, 0.3) is 5.91 Å². The van der Waals surface area contributed by atoms with Crippen molar-refractivity contribution in [2.24, 2.45) is 17.6 Å². The first-order valence-corrected chi connectivity index (χ1v) is 13.2. The van der Waals surface area contributed by atoms with E-state index in [1.54, 1.807) is 20.2 Å². The average Bonchev–Trinajstić information content (AvgIpc) is 2.84. The van der Waals surface area contributed by atoms with Gasteiger partial charge in [0.15, 0.2) is 11.4 Å². The number of rotatable bonds is 4. The number of hydrogen-bond acceptors (Lipinski definition) is 9. The van der Waals surface area contributed by atoms with Gasteiger partial charge in [-0.1, -0.05) is 18.2 Å². The van der Waals surface area contributed by atoms with Crippen LogP contribution in [0.15, 0.2) is 46.9 Å². The van der Waals surface area contributed by atoms with E-state index in [1.807, 2.05) is 39.0 Å². The highest BCUT2D eigenvalue weighted by atomic mass is 16.3. The van der Waals surface area contributed by atoms with Crippen molar-refractivity contribution in [2.75, 3.05) is 14.1 Å². The van der Waals surface area contributed by atoms with E-state index >= 15 is 0 Å². The van der Waals surface area contributed by atoms with Crippen LogP contribution in [0.1, 0.15) is 48.7 Å². The largest absolute Gasteiger partial charge is 0.510 e. The summed E-state index contributed by atoms with van der Waals surface area (Å²) in [6.45, 7) is 6.67. The molecule has 4 atom stereocenters. The molecule has 0 heterocycles. The molecule has 0 saturated carbocycles. The van der Waals surface area contributed by atoms with Crippen LogP contribution in [0, 0.1) is 11.8 Å². The lowest BCUT2D eigenvalue weighted by molar-refractivity contribution is -0.148. The molecular weight excluding hydrogens is 514 g/mol. The third-order valence-electron chi connectivity index (χ3n) is 8.41. The average molecular weight is 550 g/mol. The molecule has 0 aliphatic heterocycles. The molecule has 212 valence electrons. The van der Waals surface area contributed by atoms with Crippen LogP contribution in [-0.2, 0) is 22.6 Å². The molecule has 0 unspecified atom stereocenters. The topological polar surface area (TPSA) is 173 Å². The molecule has 0 spiro atoms. The monoisotopic (exact) mass is 549 g/mol. The number of nitrogens with one attached hydrogen (secondary N) is 1. The highest BCUT2D eigenvalue weighted by Gasteiger charge is 2.63. The summed E-state index contributed by atoms with van der Waals surface area (Å²) in [6, 6.07) is 6.47. The van der Waals surface area contributed by atoms with Gasteiger partial charge in [0.2, 0.25) is 5.78 Å². The number of hydrogen-bond donors (Lipinski definition) is 6. The van der Waals surface area contributed by atoms with Crippen molar-refractivity contribution >= 4 is 28.2 Å². The van der Waals surface area contributed by atoms with Crippen molar-refractivity contribution in [1.82, 2.24) is 10.2 Å². The van der Waals surface area contributed by atoms with Gasteiger partial charge in [0, 0.05) is 29.0 Å². The first-order valence-electron chi connectivity index (χ1n) is 13.2. The summed E-state index contributed by atoms with van der Waals surface area (Å²) in [5, 5.41) is 49.9. The van der Waals surface area contributed by atoms with E-state index < -0.39 is 58.0 Å². The van der Waals surface area contributed by atoms with E-state index in [-0.39, 0.29) is 35.3 Å². The lowest BCUT2D eigenvalue weighted by Crippen LogP contribution is -2.63. The summed E-state index contributed by atoms with van der Waals surface area (Å²) in [4.78, 5) is 41.0. The second kappa shape index (κ2) is 9.15. The number of nitrogens with two attached hydrogens (primary N) is 1. The summed E-state index contributed by atoms with van der Waals surface area (Å²) in [6.07, 6.45) is 0.313. The standard InChI is InChI=1S/C30H35N3O7/c1-29(2,3)32-12-13-6-7-14-9-15-10-16-11-18-22(33(4)5)25(36)21(28(31)39)27(38)30(18,40)26(37)20(16)24(35)19(15)23(34)17(14)8-13/h6-9,16,18,22,32,34,36-37,40H,10-12H2,1-5H3,(H2,31,39)/t16-,18-,22-,30-/m0/s1. The van der Waals surface area contributed by atoms with Gasteiger partial charge in [-0.05, 0) is 76.2 Å². The highest BCUT2D eigenvalue weighted by Crippen LogP contribution is 2.52. The Balaban J connectivity index is 1.65. The molecule has 1 amide bonds. The van der Waals surface area contributed by atoms with Crippen LogP contribution >= 0.6 is 0 Å². The zero-order chi connectivity index (χ0) is 29.5. The summed E-state index contributed by atoms with van der Waals surface area (Å²) >= 11 is 0. The molecule has 0 fully saturated rings. The number of primary amides is 1. The van der Waals surface area contributed by atoms with Gasteiger partial charge in [0.05, 0.1) is 11.6 Å². The lowest BCUT2D eigenvalue weighted by atomic mass is 9.58. The molecule has 10 nitrogen and oxygen atoms in total. The van der Waals surface area contributed by atoms with Crippen LogP contribution in [0.5, 0.6) is 5.75 Å². The molecule has 3 aliphatic carbocycles. The molecule has 5 rings (SSSR count). The minimum atomic E-state index is -2.65. The number of carbonyl (C=O) groups is 3. The molecule has 0 saturated heterocycles. The van der Waals surface area contributed by atoms with Gasteiger partial charge in [-0.2, -0.15) is 0 Å². The fourth-order valence-corrected chi connectivity index (χ4v) is 6.54. The number of allylic oxidation sites excluding steroid dienone is 1. The normalized spacial score (nSPS) is 26.7. The Morgan fingerprint density at radius 3 is 2.42 bits per heavy atom. The number of fused-ring (bicyclic) bond motifs is 4. The predicted octanol–water partition coefficient (Wildman–Crippen LogP) is 2.16. The fourth-order valence-electron chi connectivity index (χ4n) is 6.54. The van der Waals surface area contributed by atoms with E-state index in [2.05, 4.69) is 5.32 Å². The number of aliphatic hydroxyl groups is 3. The van der Waals surface area contributed by atoms with Gasteiger partial charge < -0.3 is 31.5 Å². The van der Waals surface area contributed by atoms with Crippen molar-refractivity contribution in [3.8, 4) is 5.75 Å². The number of Topliss-reactive ketones (excluding diaryl/α,β-unsaturated/α-hetero) is 2. The van der Waals surface area contributed by atoms with Crippen LogP contribution in [0.3, 0.4) is 0 Å². The maximum absolute atomic E-state index is 13.9. The predicted molar refractivity (Wildman–Crippen MR) is 148 cm³/mol. The third-order valence-corrected chi connectivity index (χ3v) is 8.41. The van der Waals surface area contributed by atoms with Gasteiger partial charge >= 0.3 is 0 Å². The van der Waals surface area contributed by atoms with Crippen molar-refractivity contribution < 1.29 is 34.8 Å². The van der Waals surface area contributed by atoms with Gasteiger partial charge in [-0.15, -0.1) is 0 Å². The molecule has 0 aromatic heterocycles. The van der Waals surface area contributed by atoms with Crippen molar-refractivity contribution in [3.05, 3.63) is 63.6 Å². The summed E-state index contributed by atoms with van der Waals surface area (Å²) in [5.41, 5.74) is 3.12. The fraction of sp³-hybridized carbons (Fsp3) is 0.433. The Morgan fingerprint density at radius 1 is 1.15 bits per heavy atom. The Kier molecular flexibility index (Phi) is 6.37. The van der Waals surface area contributed by atoms with Crippen molar-refractivity contribution in [2.45, 2.75) is 57.3 Å². The number of phenolic OH excluding ortho intramolecular Hbond substituents is 1. The SMILES string of the molecule is CN(C)[C@@H]1C(O)=C(C(N)=O)C(=O)[C@@]2(O)C(O)=C3C(=O)c4c(cc5ccc(CNC(C)(C)C)cc5c4O)C[C@H]3C[C@@H]12. The zero-order valence-electron chi connectivity index (χ0n) is 23.2. The van der Waals surface area contributed by atoms with Crippen LogP contribution < -0.4 is 11.1 Å². The Hall–Kier alpha value is -3.73. The number of carbonyl (C=O) groups excluding carboxylic acids is 3. The molecule has 2 aromatic rings. The quantitative estimate of drug-likeness (QED) is 0.312. The van der Waals surface area contributed by atoms with E-state index in [0.717, 1.165) is 10.9 Å². The number of aliphatic hydroxyl groups excluding tert-OH is 2. The smallest absolute Gasteiger partial charge is 0.255 e. The second-order valence-corrected chi connectivity index (χ2v) is 12.4. The van der Waals surface area contributed by atoms with E-state index in [1.165, 1.54) is 4.90 Å².